The van der Waals surface area contributed by atoms with Gasteiger partial charge in [0.1, 0.15) is 37.7 Å². The van der Waals surface area contributed by atoms with Crippen LogP contribution in [0.1, 0.15) is 89.2 Å². The summed E-state index contributed by atoms with van der Waals surface area (Å²) in [7, 11) is 10.9. The van der Waals surface area contributed by atoms with E-state index in [1.165, 1.54) is 9.80 Å². The van der Waals surface area contributed by atoms with Crippen LogP contribution in [0.2, 0.25) is 0 Å². The number of benzene rings is 2. The monoisotopic (exact) mass is 854 g/mol. The van der Waals surface area contributed by atoms with Crippen LogP contribution < -0.4 is 43.4 Å². The van der Waals surface area contributed by atoms with Gasteiger partial charge in [-0.05, 0) is 49.9 Å². The van der Waals surface area contributed by atoms with Crippen LogP contribution in [0.4, 0.5) is 9.59 Å². The number of likely N-dealkylation sites (N-methyl/N-ethyl adjacent to an activating group) is 2. The van der Waals surface area contributed by atoms with Crippen LogP contribution in [0.15, 0.2) is 48.5 Å². The maximum absolute atomic E-state index is 13.2. The molecule has 0 aromatic heterocycles. The van der Waals surface area contributed by atoms with E-state index in [0.29, 0.717) is 59.5 Å². The summed E-state index contributed by atoms with van der Waals surface area (Å²) in [6.07, 6.45) is 7.72. The first-order valence-corrected chi connectivity index (χ1v) is 18.4. The molecular formula is C40H64Br2N4O6. The Bertz CT molecular complexity index is 1290. The second kappa shape index (κ2) is 25.3. The molecule has 2 unspecified atom stereocenters. The number of para-hydroxylation sites is 2. The Balaban J connectivity index is 0.0000130. The maximum atomic E-state index is 13.2. The number of carbonyl (C=O) groups excluding carboxylic acids is 4. The van der Waals surface area contributed by atoms with E-state index in [-0.39, 0.29) is 45.5 Å². The molecule has 0 saturated carbocycles. The van der Waals surface area contributed by atoms with E-state index < -0.39 is 12.2 Å². The van der Waals surface area contributed by atoms with E-state index in [4.69, 9.17) is 9.47 Å². The summed E-state index contributed by atoms with van der Waals surface area (Å²) < 4.78 is 12.4. The summed E-state index contributed by atoms with van der Waals surface area (Å²) in [6, 6.07) is 15.1. The van der Waals surface area contributed by atoms with Crippen LogP contribution in [-0.4, -0.2) is 111 Å². The highest BCUT2D eigenvalue weighted by Gasteiger charge is 2.29. The van der Waals surface area contributed by atoms with Crippen molar-refractivity contribution in [3.05, 3.63) is 59.7 Å². The zero-order valence-corrected chi connectivity index (χ0v) is 36.1. The molecule has 0 aliphatic rings. The van der Waals surface area contributed by atoms with Gasteiger partial charge in [0.15, 0.2) is 11.6 Å². The van der Waals surface area contributed by atoms with Crippen LogP contribution in [0, 0.1) is 0 Å². The molecular weight excluding hydrogens is 792 g/mol. The summed E-state index contributed by atoms with van der Waals surface area (Å²) in [5.74, 6) is 1.55. The van der Waals surface area contributed by atoms with Gasteiger partial charge in [0.25, 0.3) is 0 Å². The maximum Gasteiger partial charge on any atom is 0.414 e. The predicted molar refractivity (Wildman–Crippen MR) is 199 cm³/mol. The van der Waals surface area contributed by atoms with E-state index in [1.807, 2.05) is 48.5 Å². The van der Waals surface area contributed by atoms with Crippen molar-refractivity contribution in [1.82, 2.24) is 9.80 Å². The molecule has 52 heavy (non-hydrogen) atoms. The van der Waals surface area contributed by atoms with Gasteiger partial charge in [0.2, 0.25) is 0 Å². The lowest BCUT2D eigenvalue weighted by Gasteiger charge is -2.34. The van der Waals surface area contributed by atoms with Gasteiger partial charge >= 0.3 is 12.2 Å². The lowest BCUT2D eigenvalue weighted by molar-refractivity contribution is -0.915. The topological polar surface area (TPSA) is 93.2 Å². The molecule has 0 radical (unpaired) electrons. The van der Waals surface area contributed by atoms with Crippen molar-refractivity contribution in [3.8, 4) is 11.5 Å². The van der Waals surface area contributed by atoms with Gasteiger partial charge in [0.05, 0.1) is 27.2 Å². The number of unbranched alkanes of at least 4 members (excludes halogenated alkanes) is 5. The van der Waals surface area contributed by atoms with Crippen LogP contribution in [0.5, 0.6) is 11.5 Å². The highest BCUT2D eigenvalue weighted by Crippen LogP contribution is 2.26. The van der Waals surface area contributed by atoms with Crippen molar-refractivity contribution < 1.29 is 71.6 Å². The Morgan fingerprint density at radius 1 is 0.558 bits per heavy atom. The Kier molecular flexibility index (Phi) is 23.9. The van der Waals surface area contributed by atoms with Gasteiger partial charge in [-0.3, -0.25) is 9.59 Å². The lowest BCUT2D eigenvalue weighted by Crippen LogP contribution is -3.00. The Morgan fingerprint density at radius 2 is 0.904 bits per heavy atom. The number of nitrogens with zero attached hydrogens (tertiary/aromatic N) is 4. The average Bonchev–Trinajstić information content (AvgIpc) is 3.06. The summed E-state index contributed by atoms with van der Waals surface area (Å²) >= 11 is 0. The smallest absolute Gasteiger partial charge is 0.414 e. The molecule has 0 spiro atoms. The van der Waals surface area contributed by atoms with Crippen molar-refractivity contribution in [1.29, 1.82) is 0 Å². The number of ether oxygens (including phenoxy) is 2. The van der Waals surface area contributed by atoms with E-state index in [2.05, 4.69) is 27.9 Å². The number of amides is 2. The third-order valence-electron chi connectivity index (χ3n) is 9.05. The van der Waals surface area contributed by atoms with E-state index in [0.717, 1.165) is 75.6 Å². The number of rotatable bonds is 23. The molecule has 10 nitrogen and oxygen atoms in total. The highest BCUT2D eigenvalue weighted by molar-refractivity contribution is 5.80. The predicted octanol–water partition coefficient (Wildman–Crippen LogP) is 1.49. The second-order valence-electron chi connectivity index (χ2n) is 14.8. The van der Waals surface area contributed by atoms with Crippen molar-refractivity contribution >= 4 is 23.8 Å². The number of hydrogen-bond donors (Lipinski definition) is 0. The fourth-order valence-corrected chi connectivity index (χ4v) is 6.18. The third kappa shape index (κ3) is 18.3. The molecule has 0 fully saturated rings. The molecule has 12 heteroatoms. The van der Waals surface area contributed by atoms with Crippen molar-refractivity contribution in [3.63, 3.8) is 0 Å². The van der Waals surface area contributed by atoms with Crippen LogP contribution in [-0.2, 0) is 22.7 Å². The van der Waals surface area contributed by atoms with E-state index in [1.54, 1.807) is 28.2 Å². The SMILES string of the molecule is CCCC[N+](C)(CC(=O)CCCCCCC(=O)C[N+](C)(CCCC)Cc1ccccc1OC(=O)N(C)C)Cc1ccccc1OC(=O)N(C)C.[Br-].[Br-]. The zero-order chi connectivity index (χ0) is 37.2. The number of Topliss-reactive ketones (excluding diaryl/α,β-unsaturated/α-hetero) is 2. The number of ketones is 2. The molecule has 294 valence electrons. The molecule has 2 amide bonds. The van der Waals surface area contributed by atoms with Gasteiger partial charge < -0.3 is 62.2 Å². The summed E-state index contributed by atoms with van der Waals surface area (Å²) in [5.41, 5.74) is 1.83. The number of carbonyl (C=O) groups is 4. The minimum absolute atomic E-state index is 0. The standard InChI is InChI=1S/C40H64N4O6.2BrH/c1-9-11-27-43(7,29-33-21-17-19-25-37(33)49-39(47)41(3)4)31-35(45)23-15-13-14-16-24-36(46)32-44(8,28-12-10-2)30-34-22-18-20-26-38(34)50-40(48)42(5)6;;/h17-22,25-26H,9-16,23-24,27-32H2,1-8H3;2*1H/q+2;;/p-2. The normalized spacial score (nSPS) is 13.0. The molecule has 2 aromatic carbocycles. The summed E-state index contributed by atoms with van der Waals surface area (Å²) in [6.45, 7) is 8.10. The minimum Gasteiger partial charge on any atom is -1.00 e. The highest BCUT2D eigenvalue weighted by atomic mass is 79.9. The second-order valence-corrected chi connectivity index (χ2v) is 14.8. The first kappa shape index (κ1) is 49.2. The van der Waals surface area contributed by atoms with Gasteiger partial charge in [-0.15, -0.1) is 0 Å². The van der Waals surface area contributed by atoms with Crippen LogP contribution >= 0.6 is 0 Å². The lowest BCUT2D eigenvalue weighted by atomic mass is 10.0. The molecule has 2 aromatic rings. The Morgan fingerprint density at radius 3 is 1.23 bits per heavy atom. The van der Waals surface area contributed by atoms with Crippen molar-refractivity contribution in [2.75, 3.05) is 68.5 Å². The molecule has 2 rings (SSSR count). The van der Waals surface area contributed by atoms with Crippen molar-refractivity contribution in [2.45, 2.75) is 91.1 Å². The Hall–Kier alpha value is -2.80. The summed E-state index contributed by atoms with van der Waals surface area (Å²) in [5, 5.41) is 0. The van der Waals surface area contributed by atoms with E-state index in [9.17, 15) is 19.2 Å². The van der Waals surface area contributed by atoms with Crippen LogP contribution in [0.3, 0.4) is 0 Å². The molecule has 0 aliphatic heterocycles. The third-order valence-corrected chi connectivity index (χ3v) is 9.05. The quantitative estimate of drug-likeness (QED) is 0.124. The first-order chi connectivity index (χ1) is 23.7. The van der Waals surface area contributed by atoms with Gasteiger partial charge in [-0.1, -0.05) is 63.8 Å². The molecule has 0 heterocycles. The number of halogens is 2. The average molecular weight is 857 g/mol. The van der Waals surface area contributed by atoms with E-state index >= 15 is 0 Å². The summed E-state index contributed by atoms with van der Waals surface area (Å²) in [4.78, 5) is 53.7. The number of quaternary nitrogens is 2. The van der Waals surface area contributed by atoms with Gasteiger partial charge in [-0.2, -0.15) is 0 Å². The largest absolute Gasteiger partial charge is 1.00 e. The minimum atomic E-state index is -0.423. The fourth-order valence-electron chi connectivity index (χ4n) is 6.18. The Labute approximate surface area is 334 Å². The van der Waals surface area contributed by atoms with Crippen molar-refractivity contribution in [2.24, 2.45) is 0 Å². The molecule has 0 N–H and O–H groups in total. The zero-order valence-electron chi connectivity index (χ0n) is 32.9. The van der Waals surface area contributed by atoms with Crippen LogP contribution in [0.25, 0.3) is 0 Å². The first-order valence-electron chi connectivity index (χ1n) is 18.4. The van der Waals surface area contributed by atoms with Gasteiger partial charge in [-0.25, -0.2) is 9.59 Å². The molecule has 2 atom stereocenters. The molecule has 0 aliphatic carbocycles. The molecule has 0 saturated heterocycles. The number of hydrogen-bond acceptors (Lipinski definition) is 6. The molecule has 0 bridgehead atoms. The fraction of sp³-hybridized carbons (Fsp3) is 0.600. The van der Waals surface area contributed by atoms with Gasteiger partial charge in [0, 0.05) is 52.2 Å².